The van der Waals surface area contributed by atoms with Gasteiger partial charge in [0.2, 0.25) is 0 Å². The number of rotatable bonds is 7. The van der Waals surface area contributed by atoms with Gasteiger partial charge in [-0.1, -0.05) is 61.2 Å². The van der Waals surface area contributed by atoms with E-state index < -0.39 is 0 Å². The van der Waals surface area contributed by atoms with Crippen LogP contribution >= 0.6 is 24.0 Å². The lowest BCUT2D eigenvalue weighted by molar-refractivity contribution is -0.122. The molecule has 4 rings (SSSR count). The highest BCUT2D eigenvalue weighted by Crippen LogP contribution is 2.36. The third kappa shape index (κ3) is 5.28. The molecule has 0 aliphatic carbocycles. The number of anilines is 1. The SMILES string of the molecule is CCn1c(N2CCC(C)CC2)c(/C=C2\SC(=S)N(CCCc3ccccc3)C2=O)c(C)c(C#N)c1=O. The molecule has 6 nitrogen and oxygen atoms in total. The molecule has 2 fully saturated rings. The first-order valence-electron chi connectivity index (χ1n) is 12.6. The van der Waals surface area contributed by atoms with Crippen molar-refractivity contribution in [3.05, 3.63) is 67.8 Å². The van der Waals surface area contributed by atoms with Crippen molar-refractivity contribution < 1.29 is 4.79 Å². The van der Waals surface area contributed by atoms with E-state index in [4.69, 9.17) is 12.2 Å². The van der Waals surface area contributed by atoms with Crippen LogP contribution in [0.15, 0.2) is 40.0 Å². The number of aryl methyl sites for hydroxylation is 1. The van der Waals surface area contributed by atoms with Crippen molar-refractivity contribution in [1.29, 1.82) is 5.26 Å². The van der Waals surface area contributed by atoms with E-state index in [0.717, 1.165) is 50.2 Å². The number of piperidine rings is 1. The number of nitriles is 1. The van der Waals surface area contributed by atoms with E-state index in [9.17, 15) is 14.9 Å². The summed E-state index contributed by atoms with van der Waals surface area (Å²) in [7, 11) is 0. The smallest absolute Gasteiger partial charge is 0.270 e. The maximum absolute atomic E-state index is 13.4. The Morgan fingerprint density at radius 3 is 2.53 bits per heavy atom. The van der Waals surface area contributed by atoms with E-state index in [-0.39, 0.29) is 17.0 Å². The van der Waals surface area contributed by atoms with Crippen molar-refractivity contribution in [3.63, 3.8) is 0 Å². The summed E-state index contributed by atoms with van der Waals surface area (Å²) in [6.07, 6.45) is 5.63. The monoisotopic (exact) mass is 520 g/mol. The zero-order valence-electron chi connectivity index (χ0n) is 21.1. The van der Waals surface area contributed by atoms with Crippen LogP contribution in [0.25, 0.3) is 6.08 Å². The Kier molecular flexibility index (Phi) is 8.32. The molecule has 1 aromatic carbocycles. The molecule has 2 aliphatic heterocycles. The number of carbonyl (C=O) groups excluding carboxylic acids is 1. The van der Waals surface area contributed by atoms with Crippen molar-refractivity contribution >= 4 is 46.1 Å². The highest BCUT2D eigenvalue weighted by Gasteiger charge is 2.33. The topological polar surface area (TPSA) is 69.3 Å². The Morgan fingerprint density at radius 1 is 1.19 bits per heavy atom. The fraction of sp³-hybridized carbons (Fsp3) is 0.429. The zero-order valence-corrected chi connectivity index (χ0v) is 22.8. The number of amides is 1. The molecular formula is C28H32N4O2S2. The standard InChI is InChI=1S/C28H32N4O2S2/c1-4-31-25(30-15-12-19(2)13-16-30)22(20(3)23(18-29)26(31)33)17-24-27(34)32(28(35)36-24)14-8-11-21-9-6-5-7-10-21/h5-7,9-10,17,19H,4,8,11-16H2,1-3H3/b24-17-. The average molecular weight is 521 g/mol. The van der Waals surface area contributed by atoms with Crippen molar-refractivity contribution in [2.45, 2.75) is 53.0 Å². The Labute approximate surface area is 222 Å². The molecule has 0 spiro atoms. The summed E-state index contributed by atoms with van der Waals surface area (Å²) in [6, 6.07) is 12.3. The second-order valence-electron chi connectivity index (χ2n) is 9.49. The summed E-state index contributed by atoms with van der Waals surface area (Å²) in [4.78, 5) is 31.0. The number of benzene rings is 1. The Morgan fingerprint density at radius 2 is 1.89 bits per heavy atom. The van der Waals surface area contributed by atoms with Crippen LogP contribution in [0.1, 0.15) is 55.4 Å². The molecule has 2 aliphatic rings. The third-order valence-corrected chi connectivity index (χ3v) is 8.46. The maximum Gasteiger partial charge on any atom is 0.270 e. The summed E-state index contributed by atoms with van der Waals surface area (Å²) in [5.41, 5.74) is 2.50. The molecule has 1 amide bonds. The second kappa shape index (κ2) is 11.4. The number of nitrogens with zero attached hydrogens (tertiary/aromatic N) is 4. The number of hydrogen-bond acceptors (Lipinski definition) is 6. The first kappa shape index (κ1) is 26.2. The van der Waals surface area contributed by atoms with Gasteiger partial charge in [0, 0.05) is 31.7 Å². The Bertz CT molecular complexity index is 1290. The van der Waals surface area contributed by atoms with Gasteiger partial charge in [0.05, 0.1) is 4.91 Å². The number of aromatic nitrogens is 1. The molecule has 2 saturated heterocycles. The van der Waals surface area contributed by atoms with Gasteiger partial charge in [0.15, 0.2) is 0 Å². The second-order valence-corrected chi connectivity index (χ2v) is 11.2. The zero-order chi connectivity index (χ0) is 25.8. The lowest BCUT2D eigenvalue weighted by Crippen LogP contribution is -2.39. The Balaban J connectivity index is 1.67. The molecule has 0 unspecified atom stereocenters. The van der Waals surface area contributed by atoms with Crippen LogP contribution in [0, 0.1) is 24.2 Å². The van der Waals surface area contributed by atoms with Crippen LogP contribution in [0.2, 0.25) is 0 Å². The van der Waals surface area contributed by atoms with Crippen molar-refractivity contribution in [1.82, 2.24) is 9.47 Å². The Hall–Kier alpha value is -2.89. The lowest BCUT2D eigenvalue weighted by atomic mass is 9.97. The maximum atomic E-state index is 13.4. The average Bonchev–Trinajstić information content (AvgIpc) is 3.14. The van der Waals surface area contributed by atoms with E-state index >= 15 is 0 Å². The fourth-order valence-electron chi connectivity index (χ4n) is 4.91. The molecule has 0 atom stereocenters. The molecule has 8 heteroatoms. The van der Waals surface area contributed by atoms with Gasteiger partial charge >= 0.3 is 0 Å². The van der Waals surface area contributed by atoms with Crippen LogP contribution in [0.5, 0.6) is 0 Å². The van der Waals surface area contributed by atoms with Gasteiger partial charge in [-0.3, -0.25) is 19.1 Å². The number of hydrogen-bond donors (Lipinski definition) is 0. The first-order chi connectivity index (χ1) is 17.3. The van der Waals surface area contributed by atoms with E-state index in [1.807, 2.05) is 38.1 Å². The summed E-state index contributed by atoms with van der Waals surface area (Å²) < 4.78 is 2.24. The van der Waals surface area contributed by atoms with Gasteiger partial charge in [-0.05, 0) is 62.7 Å². The highest BCUT2D eigenvalue weighted by molar-refractivity contribution is 8.26. The van der Waals surface area contributed by atoms with Crippen LogP contribution in [-0.2, 0) is 17.8 Å². The van der Waals surface area contributed by atoms with Crippen LogP contribution in [-0.4, -0.2) is 39.3 Å². The minimum atomic E-state index is -0.267. The molecule has 0 saturated carbocycles. The molecule has 0 N–H and O–H groups in total. The molecule has 0 bridgehead atoms. The first-order valence-corrected chi connectivity index (χ1v) is 13.8. The minimum absolute atomic E-state index is 0.108. The molecule has 36 heavy (non-hydrogen) atoms. The van der Waals surface area contributed by atoms with Crippen LogP contribution in [0.4, 0.5) is 5.82 Å². The van der Waals surface area contributed by atoms with Gasteiger partial charge in [-0.2, -0.15) is 5.26 Å². The molecular weight excluding hydrogens is 488 g/mol. The lowest BCUT2D eigenvalue weighted by Gasteiger charge is -2.35. The molecule has 1 aromatic heterocycles. The number of pyridine rings is 1. The predicted octanol–water partition coefficient (Wildman–Crippen LogP) is 5.12. The number of thiocarbonyl (C=S) groups is 1. The molecule has 3 heterocycles. The largest absolute Gasteiger partial charge is 0.357 e. The number of carbonyl (C=O) groups is 1. The van der Waals surface area contributed by atoms with E-state index in [0.29, 0.717) is 33.8 Å². The van der Waals surface area contributed by atoms with E-state index in [1.165, 1.54) is 17.3 Å². The molecule has 2 aromatic rings. The van der Waals surface area contributed by atoms with Gasteiger partial charge < -0.3 is 4.90 Å². The fourth-order valence-corrected chi connectivity index (χ4v) is 6.20. The minimum Gasteiger partial charge on any atom is -0.357 e. The van der Waals surface area contributed by atoms with Gasteiger partial charge in [0.1, 0.15) is 21.8 Å². The van der Waals surface area contributed by atoms with Crippen molar-refractivity contribution in [2.24, 2.45) is 5.92 Å². The van der Waals surface area contributed by atoms with E-state index in [2.05, 4.69) is 30.0 Å². The van der Waals surface area contributed by atoms with Crippen molar-refractivity contribution in [3.8, 4) is 6.07 Å². The summed E-state index contributed by atoms with van der Waals surface area (Å²) >= 11 is 6.87. The van der Waals surface area contributed by atoms with Crippen LogP contribution < -0.4 is 10.5 Å². The predicted molar refractivity (Wildman–Crippen MR) is 151 cm³/mol. The normalized spacial score (nSPS) is 17.8. The summed E-state index contributed by atoms with van der Waals surface area (Å²) in [5, 5.41) is 9.77. The number of thioether (sulfide) groups is 1. The molecule has 0 radical (unpaired) electrons. The quantitative estimate of drug-likeness (QED) is 0.373. The summed E-state index contributed by atoms with van der Waals surface area (Å²) in [6.45, 7) is 8.67. The van der Waals surface area contributed by atoms with E-state index in [1.54, 1.807) is 9.47 Å². The van der Waals surface area contributed by atoms with Crippen LogP contribution in [0.3, 0.4) is 0 Å². The summed E-state index contributed by atoms with van der Waals surface area (Å²) in [5.74, 6) is 1.33. The van der Waals surface area contributed by atoms with Gasteiger partial charge in [-0.25, -0.2) is 0 Å². The van der Waals surface area contributed by atoms with Crippen molar-refractivity contribution in [2.75, 3.05) is 24.5 Å². The molecule has 188 valence electrons. The van der Waals surface area contributed by atoms with Gasteiger partial charge in [0.25, 0.3) is 11.5 Å². The third-order valence-electron chi connectivity index (χ3n) is 7.08. The van der Waals surface area contributed by atoms with Gasteiger partial charge in [-0.15, -0.1) is 0 Å². The highest BCUT2D eigenvalue weighted by atomic mass is 32.2.